The first-order valence-electron chi connectivity index (χ1n) is 6.69. The van der Waals surface area contributed by atoms with Gasteiger partial charge in [-0.05, 0) is 56.2 Å². The molecule has 0 spiro atoms. The Bertz CT molecular complexity index is 360. The van der Waals surface area contributed by atoms with Crippen molar-refractivity contribution in [1.82, 2.24) is 5.32 Å². The maximum absolute atomic E-state index is 6.00. The first-order valence-corrected chi connectivity index (χ1v) is 7.07. The Kier molecular flexibility index (Phi) is 4.47. The van der Waals surface area contributed by atoms with Crippen LogP contribution in [0.15, 0.2) is 24.3 Å². The Labute approximate surface area is 110 Å². The minimum Gasteiger partial charge on any atom is -0.311 e. The third kappa shape index (κ3) is 4.01. The van der Waals surface area contributed by atoms with E-state index in [-0.39, 0.29) is 0 Å². The molecule has 2 atom stereocenters. The predicted octanol–water partition coefficient (Wildman–Crippen LogP) is 4.05. The van der Waals surface area contributed by atoms with Gasteiger partial charge in [0.05, 0.1) is 0 Å². The van der Waals surface area contributed by atoms with Crippen LogP contribution in [0.4, 0.5) is 0 Å². The molecule has 1 fully saturated rings. The minimum absolute atomic E-state index is 0.527. The van der Waals surface area contributed by atoms with Gasteiger partial charge in [-0.2, -0.15) is 0 Å². The van der Waals surface area contributed by atoms with Crippen molar-refractivity contribution in [2.45, 2.75) is 51.6 Å². The Hall–Kier alpha value is -0.530. The second kappa shape index (κ2) is 5.88. The minimum atomic E-state index is 0.527. The SMILES string of the molecule is CCC(NC(C)Cc1cccc(Cl)c1)C1CC1. The fraction of sp³-hybridized carbons (Fsp3) is 0.600. The van der Waals surface area contributed by atoms with Gasteiger partial charge >= 0.3 is 0 Å². The smallest absolute Gasteiger partial charge is 0.0408 e. The van der Waals surface area contributed by atoms with Crippen molar-refractivity contribution < 1.29 is 0 Å². The van der Waals surface area contributed by atoms with E-state index in [0.29, 0.717) is 12.1 Å². The van der Waals surface area contributed by atoms with Crippen LogP contribution < -0.4 is 5.32 Å². The second-order valence-electron chi connectivity index (χ2n) is 5.25. The number of hydrogen-bond acceptors (Lipinski definition) is 1. The van der Waals surface area contributed by atoms with Crippen LogP contribution in [0.2, 0.25) is 5.02 Å². The van der Waals surface area contributed by atoms with Crippen LogP contribution in [0.25, 0.3) is 0 Å². The molecule has 1 aromatic carbocycles. The maximum Gasteiger partial charge on any atom is 0.0408 e. The quantitative estimate of drug-likeness (QED) is 0.804. The number of rotatable bonds is 6. The van der Waals surface area contributed by atoms with Gasteiger partial charge in [0.15, 0.2) is 0 Å². The van der Waals surface area contributed by atoms with Gasteiger partial charge in [0.1, 0.15) is 0 Å². The van der Waals surface area contributed by atoms with Crippen LogP contribution in [-0.2, 0) is 6.42 Å². The Morgan fingerprint density at radius 3 is 2.76 bits per heavy atom. The average molecular weight is 252 g/mol. The standard InChI is InChI=1S/C15H22ClN/c1-3-15(13-7-8-13)17-11(2)9-12-5-4-6-14(16)10-12/h4-6,10-11,13,15,17H,3,7-9H2,1-2H3. The molecule has 2 unspecified atom stereocenters. The van der Waals surface area contributed by atoms with Crippen molar-refractivity contribution in [2.24, 2.45) is 5.92 Å². The lowest BCUT2D eigenvalue weighted by atomic mass is 10.0. The highest BCUT2D eigenvalue weighted by Gasteiger charge is 2.30. The van der Waals surface area contributed by atoms with E-state index in [9.17, 15) is 0 Å². The molecule has 0 aliphatic heterocycles. The van der Waals surface area contributed by atoms with Crippen LogP contribution in [0.3, 0.4) is 0 Å². The molecule has 0 saturated heterocycles. The van der Waals surface area contributed by atoms with Gasteiger partial charge in [0.25, 0.3) is 0 Å². The molecule has 2 heteroatoms. The van der Waals surface area contributed by atoms with Gasteiger partial charge in [-0.3, -0.25) is 0 Å². The van der Waals surface area contributed by atoms with E-state index in [4.69, 9.17) is 11.6 Å². The molecular weight excluding hydrogens is 230 g/mol. The molecule has 17 heavy (non-hydrogen) atoms. The normalized spacial score (nSPS) is 19.0. The summed E-state index contributed by atoms with van der Waals surface area (Å²) in [7, 11) is 0. The Balaban J connectivity index is 1.85. The summed E-state index contributed by atoms with van der Waals surface area (Å²) in [5, 5.41) is 4.59. The molecule has 1 aliphatic carbocycles. The van der Waals surface area contributed by atoms with Gasteiger partial charge in [-0.1, -0.05) is 30.7 Å². The molecule has 2 rings (SSSR count). The molecule has 1 aromatic rings. The fourth-order valence-corrected chi connectivity index (χ4v) is 2.74. The molecule has 94 valence electrons. The van der Waals surface area contributed by atoms with E-state index >= 15 is 0 Å². The number of halogens is 1. The molecule has 0 amide bonds. The topological polar surface area (TPSA) is 12.0 Å². The van der Waals surface area contributed by atoms with E-state index in [2.05, 4.69) is 31.3 Å². The summed E-state index contributed by atoms with van der Waals surface area (Å²) in [4.78, 5) is 0. The van der Waals surface area contributed by atoms with E-state index in [0.717, 1.165) is 17.4 Å². The van der Waals surface area contributed by atoms with Gasteiger partial charge in [0.2, 0.25) is 0 Å². The fourth-order valence-electron chi connectivity index (χ4n) is 2.53. The summed E-state index contributed by atoms with van der Waals surface area (Å²) < 4.78 is 0. The van der Waals surface area contributed by atoms with E-state index < -0.39 is 0 Å². The van der Waals surface area contributed by atoms with Gasteiger partial charge in [-0.15, -0.1) is 0 Å². The largest absolute Gasteiger partial charge is 0.311 e. The lowest BCUT2D eigenvalue weighted by Crippen LogP contribution is -2.38. The third-order valence-electron chi connectivity index (χ3n) is 3.56. The van der Waals surface area contributed by atoms with Gasteiger partial charge in [-0.25, -0.2) is 0 Å². The molecule has 0 bridgehead atoms. The van der Waals surface area contributed by atoms with Crippen LogP contribution in [0.5, 0.6) is 0 Å². The molecule has 0 aromatic heterocycles. The molecule has 1 aliphatic rings. The van der Waals surface area contributed by atoms with Gasteiger partial charge in [0, 0.05) is 17.1 Å². The molecular formula is C15H22ClN. The lowest BCUT2D eigenvalue weighted by Gasteiger charge is -2.22. The van der Waals surface area contributed by atoms with Gasteiger partial charge < -0.3 is 5.32 Å². The van der Waals surface area contributed by atoms with Crippen LogP contribution >= 0.6 is 11.6 Å². The van der Waals surface area contributed by atoms with Crippen molar-refractivity contribution in [3.8, 4) is 0 Å². The second-order valence-corrected chi connectivity index (χ2v) is 5.69. The maximum atomic E-state index is 6.00. The summed E-state index contributed by atoms with van der Waals surface area (Å²) in [5.74, 6) is 0.932. The van der Waals surface area contributed by atoms with Crippen molar-refractivity contribution in [3.05, 3.63) is 34.9 Å². The van der Waals surface area contributed by atoms with Crippen molar-refractivity contribution in [3.63, 3.8) is 0 Å². The zero-order chi connectivity index (χ0) is 12.3. The summed E-state index contributed by atoms with van der Waals surface area (Å²) in [6.07, 6.45) is 5.12. The van der Waals surface area contributed by atoms with Crippen molar-refractivity contribution in [2.75, 3.05) is 0 Å². The van der Waals surface area contributed by atoms with E-state index in [1.807, 2.05) is 12.1 Å². The molecule has 1 N–H and O–H groups in total. The lowest BCUT2D eigenvalue weighted by molar-refractivity contribution is 0.397. The Morgan fingerprint density at radius 1 is 1.41 bits per heavy atom. The van der Waals surface area contributed by atoms with E-state index in [1.54, 1.807) is 0 Å². The monoisotopic (exact) mass is 251 g/mol. The van der Waals surface area contributed by atoms with Crippen molar-refractivity contribution >= 4 is 11.6 Å². The highest BCUT2D eigenvalue weighted by Crippen LogP contribution is 2.34. The summed E-state index contributed by atoms with van der Waals surface area (Å²) in [6, 6.07) is 9.42. The predicted molar refractivity (Wildman–Crippen MR) is 74.6 cm³/mol. The highest BCUT2D eigenvalue weighted by molar-refractivity contribution is 6.30. The highest BCUT2D eigenvalue weighted by atomic mass is 35.5. The van der Waals surface area contributed by atoms with E-state index in [1.165, 1.54) is 24.8 Å². The zero-order valence-electron chi connectivity index (χ0n) is 10.7. The summed E-state index contributed by atoms with van der Waals surface area (Å²) in [6.45, 7) is 4.55. The van der Waals surface area contributed by atoms with Crippen LogP contribution in [0, 0.1) is 5.92 Å². The number of nitrogens with one attached hydrogen (secondary N) is 1. The van der Waals surface area contributed by atoms with Crippen LogP contribution in [0.1, 0.15) is 38.7 Å². The molecule has 1 nitrogen and oxygen atoms in total. The molecule has 0 radical (unpaired) electrons. The number of benzene rings is 1. The summed E-state index contributed by atoms with van der Waals surface area (Å²) in [5.41, 5.74) is 1.32. The molecule has 1 saturated carbocycles. The third-order valence-corrected chi connectivity index (χ3v) is 3.80. The first kappa shape index (κ1) is 12.9. The zero-order valence-corrected chi connectivity index (χ0v) is 11.5. The molecule has 0 heterocycles. The average Bonchev–Trinajstić information content (AvgIpc) is 3.09. The summed E-state index contributed by atoms with van der Waals surface area (Å²) >= 11 is 6.00. The van der Waals surface area contributed by atoms with Crippen molar-refractivity contribution in [1.29, 1.82) is 0 Å². The Morgan fingerprint density at radius 2 is 2.18 bits per heavy atom. The number of hydrogen-bond donors (Lipinski definition) is 1. The first-order chi connectivity index (χ1) is 8.19. The van der Waals surface area contributed by atoms with Crippen LogP contribution in [-0.4, -0.2) is 12.1 Å².